The van der Waals surface area contributed by atoms with Crippen LogP contribution < -0.4 is 0 Å². The summed E-state index contributed by atoms with van der Waals surface area (Å²) in [5, 5.41) is 10.0. The molecule has 0 aliphatic rings. The number of benzene rings is 2. The molecule has 0 aliphatic heterocycles. The monoisotopic (exact) mass is 366 g/mol. The van der Waals surface area contributed by atoms with Crippen molar-refractivity contribution in [3.63, 3.8) is 0 Å². The molecule has 0 N–H and O–H groups in total. The SMILES string of the molecule is Clc1ccccc1-c1cc(-c2ccco2)c(-c2ccccc2Cl)nn1. The predicted molar refractivity (Wildman–Crippen MR) is 101 cm³/mol. The van der Waals surface area contributed by atoms with Crippen LogP contribution in [0, 0.1) is 0 Å². The second-order valence-corrected chi connectivity index (χ2v) is 6.24. The van der Waals surface area contributed by atoms with Gasteiger partial charge in [-0.05, 0) is 30.3 Å². The molecule has 0 aliphatic carbocycles. The maximum Gasteiger partial charge on any atom is 0.136 e. The van der Waals surface area contributed by atoms with E-state index in [9.17, 15) is 0 Å². The average molecular weight is 367 g/mol. The Hall–Kier alpha value is -2.62. The van der Waals surface area contributed by atoms with Gasteiger partial charge in [0.2, 0.25) is 0 Å². The third-order valence-electron chi connectivity index (χ3n) is 3.86. The highest BCUT2D eigenvalue weighted by Gasteiger charge is 2.17. The molecule has 4 rings (SSSR count). The maximum absolute atomic E-state index is 6.35. The first kappa shape index (κ1) is 15.9. The summed E-state index contributed by atoms with van der Waals surface area (Å²) in [6.45, 7) is 0. The smallest absolute Gasteiger partial charge is 0.136 e. The van der Waals surface area contributed by atoms with Crippen LogP contribution in [0.3, 0.4) is 0 Å². The van der Waals surface area contributed by atoms with Gasteiger partial charge < -0.3 is 4.42 Å². The van der Waals surface area contributed by atoms with Gasteiger partial charge in [0.15, 0.2) is 0 Å². The van der Waals surface area contributed by atoms with Crippen molar-refractivity contribution in [1.29, 1.82) is 0 Å². The second kappa shape index (κ2) is 6.71. The highest BCUT2D eigenvalue weighted by atomic mass is 35.5. The summed E-state index contributed by atoms with van der Waals surface area (Å²) >= 11 is 12.7. The fourth-order valence-electron chi connectivity index (χ4n) is 2.66. The summed E-state index contributed by atoms with van der Waals surface area (Å²) in [6.07, 6.45) is 1.63. The van der Waals surface area contributed by atoms with Gasteiger partial charge in [0.1, 0.15) is 11.5 Å². The quantitative estimate of drug-likeness (QED) is 0.422. The van der Waals surface area contributed by atoms with E-state index in [4.69, 9.17) is 27.6 Å². The summed E-state index contributed by atoms with van der Waals surface area (Å²) in [7, 11) is 0. The van der Waals surface area contributed by atoms with Crippen LogP contribution >= 0.6 is 23.2 Å². The third-order valence-corrected chi connectivity index (χ3v) is 4.52. The first-order valence-corrected chi connectivity index (χ1v) is 8.41. The summed E-state index contributed by atoms with van der Waals surface area (Å²) in [5.41, 5.74) is 3.76. The molecule has 5 heteroatoms. The van der Waals surface area contributed by atoms with Crippen LogP contribution in [0.1, 0.15) is 0 Å². The molecule has 3 nitrogen and oxygen atoms in total. The van der Waals surface area contributed by atoms with E-state index in [0.29, 0.717) is 27.2 Å². The molecule has 2 aromatic carbocycles. The average Bonchev–Trinajstić information content (AvgIpc) is 3.17. The van der Waals surface area contributed by atoms with Gasteiger partial charge in [-0.25, -0.2) is 0 Å². The van der Waals surface area contributed by atoms with Gasteiger partial charge >= 0.3 is 0 Å². The van der Waals surface area contributed by atoms with Crippen LogP contribution in [0.5, 0.6) is 0 Å². The minimum absolute atomic E-state index is 0.607. The van der Waals surface area contributed by atoms with Gasteiger partial charge in [-0.1, -0.05) is 59.6 Å². The molecular formula is C20H12Cl2N2O. The van der Waals surface area contributed by atoms with Gasteiger partial charge in [-0.3, -0.25) is 0 Å². The summed E-state index contributed by atoms with van der Waals surface area (Å²) in [5.74, 6) is 0.693. The highest BCUT2D eigenvalue weighted by Crippen LogP contribution is 2.37. The Morgan fingerprint density at radius 2 is 1.36 bits per heavy atom. The largest absolute Gasteiger partial charge is 0.464 e. The van der Waals surface area contributed by atoms with Crippen molar-refractivity contribution in [1.82, 2.24) is 10.2 Å². The Bertz CT molecular complexity index is 1030. The van der Waals surface area contributed by atoms with Crippen LogP contribution in [0.4, 0.5) is 0 Å². The Kier molecular flexibility index (Phi) is 4.26. The van der Waals surface area contributed by atoms with Crippen molar-refractivity contribution in [3.8, 4) is 33.8 Å². The van der Waals surface area contributed by atoms with Gasteiger partial charge in [0, 0.05) is 16.7 Å². The number of nitrogens with zero attached hydrogens (tertiary/aromatic N) is 2. The number of furan rings is 1. The van der Waals surface area contributed by atoms with Crippen molar-refractivity contribution in [3.05, 3.63) is 83.0 Å². The van der Waals surface area contributed by atoms with Crippen LogP contribution in [0.25, 0.3) is 33.8 Å². The molecule has 0 saturated heterocycles. The van der Waals surface area contributed by atoms with E-state index in [1.807, 2.05) is 66.7 Å². The molecule has 0 bridgehead atoms. The van der Waals surface area contributed by atoms with Crippen molar-refractivity contribution in [2.75, 3.05) is 0 Å². The molecule has 0 saturated carbocycles. The molecule has 0 amide bonds. The van der Waals surface area contributed by atoms with Crippen LogP contribution in [0.15, 0.2) is 77.4 Å². The van der Waals surface area contributed by atoms with Crippen molar-refractivity contribution < 1.29 is 4.42 Å². The highest BCUT2D eigenvalue weighted by molar-refractivity contribution is 6.33. The Labute approximate surface area is 154 Å². The molecule has 2 heterocycles. The number of hydrogen-bond donors (Lipinski definition) is 0. The summed E-state index contributed by atoms with van der Waals surface area (Å²) in [4.78, 5) is 0. The minimum Gasteiger partial charge on any atom is -0.464 e. The molecule has 25 heavy (non-hydrogen) atoms. The van der Waals surface area contributed by atoms with E-state index < -0.39 is 0 Å². The normalized spacial score (nSPS) is 10.8. The Morgan fingerprint density at radius 3 is 2.00 bits per heavy atom. The lowest BCUT2D eigenvalue weighted by Crippen LogP contribution is -1.96. The van der Waals surface area contributed by atoms with Gasteiger partial charge in [-0.2, -0.15) is 0 Å². The van der Waals surface area contributed by atoms with E-state index in [0.717, 1.165) is 16.7 Å². The zero-order valence-corrected chi connectivity index (χ0v) is 14.5. The fourth-order valence-corrected chi connectivity index (χ4v) is 3.12. The third kappa shape index (κ3) is 3.04. The Morgan fingerprint density at radius 1 is 0.680 bits per heavy atom. The number of halogens is 2. The van der Waals surface area contributed by atoms with E-state index in [-0.39, 0.29) is 0 Å². The molecule has 0 fully saturated rings. The first-order chi connectivity index (χ1) is 12.2. The molecule has 2 aromatic heterocycles. The van der Waals surface area contributed by atoms with Crippen molar-refractivity contribution >= 4 is 23.2 Å². The fraction of sp³-hybridized carbons (Fsp3) is 0. The van der Waals surface area contributed by atoms with Crippen LogP contribution in [-0.2, 0) is 0 Å². The molecule has 122 valence electrons. The van der Waals surface area contributed by atoms with Crippen LogP contribution in [0.2, 0.25) is 10.0 Å². The second-order valence-electron chi connectivity index (χ2n) is 5.43. The standard InChI is InChI=1S/C20H12Cl2N2O/c21-16-8-3-1-6-13(16)18-12-15(19-10-5-11-25-19)20(24-23-18)14-7-2-4-9-17(14)22/h1-12H. The van der Waals surface area contributed by atoms with Gasteiger partial charge in [0.05, 0.1) is 22.0 Å². The maximum atomic E-state index is 6.35. The lowest BCUT2D eigenvalue weighted by Gasteiger charge is -2.10. The Balaban J connectivity index is 1.95. The minimum atomic E-state index is 0.607. The molecule has 0 unspecified atom stereocenters. The zero-order chi connectivity index (χ0) is 17.2. The summed E-state index contributed by atoms with van der Waals surface area (Å²) < 4.78 is 5.60. The predicted octanol–water partition coefficient (Wildman–Crippen LogP) is 6.38. The van der Waals surface area contributed by atoms with Crippen molar-refractivity contribution in [2.24, 2.45) is 0 Å². The molecular weight excluding hydrogens is 355 g/mol. The number of rotatable bonds is 3. The summed E-state index contributed by atoms with van der Waals surface area (Å²) in [6, 6.07) is 20.7. The molecule has 4 aromatic rings. The number of hydrogen-bond acceptors (Lipinski definition) is 3. The molecule has 0 atom stereocenters. The van der Waals surface area contributed by atoms with E-state index in [1.54, 1.807) is 6.26 Å². The van der Waals surface area contributed by atoms with Crippen LogP contribution in [-0.4, -0.2) is 10.2 Å². The molecule has 0 radical (unpaired) electrons. The van der Waals surface area contributed by atoms with Gasteiger partial charge in [-0.15, -0.1) is 10.2 Å². The zero-order valence-electron chi connectivity index (χ0n) is 13.0. The van der Waals surface area contributed by atoms with E-state index >= 15 is 0 Å². The van der Waals surface area contributed by atoms with Gasteiger partial charge in [0.25, 0.3) is 0 Å². The first-order valence-electron chi connectivity index (χ1n) is 7.65. The lowest BCUT2D eigenvalue weighted by molar-refractivity contribution is 0.582. The lowest BCUT2D eigenvalue weighted by atomic mass is 10.0. The van der Waals surface area contributed by atoms with Crippen molar-refractivity contribution in [2.45, 2.75) is 0 Å². The van der Waals surface area contributed by atoms with E-state index in [1.165, 1.54) is 0 Å². The topological polar surface area (TPSA) is 38.9 Å². The van der Waals surface area contributed by atoms with E-state index in [2.05, 4.69) is 10.2 Å². The molecule has 0 spiro atoms. The number of aromatic nitrogens is 2.